The number of rotatable bonds is 5. The maximum Gasteiger partial charge on any atom is 0.226 e. The molecule has 21 heavy (non-hydrogen) atoms. The standard InChI is InChI=1S/C16H20FNO3/c1-21-14-9-13(11-19)18(10-14)16(20)8-4-6-12-5-2-3-7-15(12)17/h2-7,13-14,19H,8-11H2,1H3/b6-4+/t13-,14-/m0/s1. The Bertz CT molecular complexity index is 518. The molecular formula is C16H20FNO3. The summed E-state index contributed by atoms with van der Waals surface area (Å²) in [4.78, 5) is 13.8. The number of amides is 1. The van der Waals surface area contributed by atoms with Crippen LogP contribution in [0.15, 0.2) is 30.3 Å². The first-order chi connectivity index (χ1) is 10.2. The number of hydrogen-bond donors (Lipinski definition) is 1. The van der Waals surface area contributed by atoms with E-state index in [1.54, 1.807) is 42.4 Å². The number of methoxy groups -OCH3 is 1. The van der Waals surface area contributed by atoms with E-state index in [1.165, 1.54) is 6.07 Å². The Hall–Kier alpha value is -1.72. The molecule has 4 nitrogen and oxygen atoms in total. The lowest BCUT2D eigenvalue weighted by atomic mass is 10.2. The molecule has 1 aliphatic heterocycles. The van der Waals surface area contributed by atoms with Crippen LogP contribution in [-0.4, -0.2) is 48.3 Å². The second-order valence-electron chi connectivity index (χ2n) is 5.10. The van der Waals surface area contributed by atoms with Gasteiger partial charge in [0.05, 0.1) is 18.8 Å². The van der Waals surface area contributed by atoms with Crippen molar-refractivity contribution in [2.45, 2.75) is 25.0 Å². The molecule has 1 aromatic carbocycles. The fraction of sp³-hybridized carbons (Fsp3) is 0.438. The lowest BCUT2D eigenvalue weighted by Gasteiger charge is -2.22. The first-order valence-corrected chi connectivity index (χ1v) is 7.00. The van der Waals surface area contributed by atoms with E-state index in [1.807, 2.05) is 0 Å². The van der Waals surface area contributed by atoms with Crippen LogP contribution >= 0.6 is 0 Å². The number of benzene rings is 1. The minimum absolute atomic E-state index is 0.0263. The maximum atomic E-state index is 13.4. The Morgan fingerprint density at radius 1 is 1.52 bits per heavy atom. The van der Waals surface area contributed by atoms with Gasteiger partial charge in [-0.2, -0.15) is 0 Å². The van der Waals surface area contributed by atoms with Crippen molar-refractivity contribution in [2.75, 3.05) is 20.3 Å². The van der Waals surface area contributed by atoms with Crippen molar-refractivity contribution >= 4 is 12.0 Å². The number of carbonyl (C=O) groups excluding carboxylic acids is 1. The average molecular weight is 293 g/mol. The fourth-order valence-electron chi connectivity index (χ4n) is 2.54. The van der Waals surface area contributed by atoms with Crippen molar-refractivity contribution in [1.82, 2.24) is 4.90 Å². The molecular weight excluding hydrogens is 273 g/mol. The van der Waals surface area contributed by atoms with Crippen molar-refractivity contribution in [3.63, 3.8) is 0 Å². The number of aliphatic hydroxyl groups excluding tert-OH is 1. The van der Waals surface area contributed by atoms with Gasteiger partial charge in [-0.3, -0.25) is 4.79 Å². The molecule has 0 spiro atoms. The number of aliphatic hydroxyl groups is 1. The van der Waals surface area contributed by atoms with Gasteiger partial charge in [-0.1, -0.05) is 30.4 Å². The van der Waals surface area contributed by atoms with Gasteiger partial charge in [-0.05, 0) is 12.5 Å². The van der Waals surface area contributed by atoms with Crippen LogP contribution in [-0.2, 0) is 9.53 Å². The van der Waals surface area contributed by atoms with E-state index in [-0.39, 0.29) is 36.9 Å². The number of nitrogens with zero attached hydrogens (tertiary/aromatic N) is 1. The highest BCUT2D eigenvalue weighted by molar-refractivity contribution is 5.79. The minimum Gasteiger partial charge on any atom is -0.394 e. The monoisotopic (exact) mass is 293 g/mol. The van der Waals surface area contributed by atoms with Gasteiger partial charge in [0.15, 0.2) is 0 Å². The van der Waals surface area contributed by atoms with E-state index < -0.39 is 0 Å². The van der Waals surface area contributed by atoms with E-state index >= 15 is 0 Å². The van der Waals surface area contributed by atoms with Crippen molar-refractivity contribution in [1.29, 1.82) is 0 Å². The van der Waals surface area contributed by atoms with Gasteiger partial charge in [0.2, 0.25) is 5.91 Å². The maximum absolute atomic E-state index is 13.4. The average Bonchev–Trinajstić information content (AvgIpc) is 2.92. The molecule has 2 rings (SSSR count). The molecule has 2 atom stereocenters. The second kappa shape index (κ2) is 7.33. The van der Waals surface area contributed by atoms with Gasteiger partial charge in [0.1, 0.15) is 5.82 Å². The van der Waals surface area contributed by atoms with Crippen LogP contribution in [0.4, 0.5) is 4.39 Å². The summed E-state index contributed by atoms with van der Waals surface area (Å²) in [5.74, 6) is -0.392. The number of ether oxygens (including phenoxy) is 1. The highest BCUT2D eigenvalue weighted by Gasteiger charge is 2.34. The Kier molecular flexibility index (Phi) is 5.47. The van der Waals surface area contributed by atoms with Gasteiger partial charge in [0.25, 0.3) is 0 Å². The molecule has 0 radical (unpaired) electrons. The van der Waals surface area contributed by atoms with Gasteiger partial charge < -0.3 is 14.7 Å². The molecule has 0 saturated carbocycles. The van der Waals surface area contributed by atoms with Crippen LogP contribution in [0.2, 0.25) is 0 Å². The number of carbonyl (C=O) groups is 1. The summed E-state index contributed by atoms with van der Waals surface area (Å²) in [5.41, 5.74) is 0.459. The van der Waals surface area contributed by atoms with Crippen LogP contribution < -0.4 is 0 Å². The summed E-state index contributed by atoms with van der Waals surface area (Å²) in [6.07, 6.45) is 4.05. The third kappa shape index (κ3) is 3.89. The third-order valence-electron chi connectivity index (χ3n) is 3.74. The fourth-order valence-corrected chi connectivity index (χ4v) is 2.54. The molecule has 1 N–H and O–H groups in total. The normalized spacial score (nSPS) is 22.1. The molecule has 5 heteroatoms. The number of likely N-dealkylation sites (tertiary alicyclic amines) is 1. The molecule has 0 aromatic heterocycles. The molecule has 1 aliphatic rings. The zero-order valence-corrected chi connectivity index (χ0v) is 12.0. The van der Waals surface area contributed by atoms with Crippen LogP contribution in [0, 0.1) is 5.82 Å². The van der Waals surface area contributed by atoms with Gasteiger partial charge in [0, 0.05) is 25.6 Å². The quantitative estimate of drug-likeness (QED) is 0.901. The molecule has 0 bridgehead atoms. The molecule has 1 saturated heterocycles. The van der Waals surface area contributed by atoms with E-state index in [0.29, 0.717) is 18.5 Å². The second-order valence-corrected chi connectivity index (χ2v) is 5.10. The highest BCUT2D eigenvalue weighted by Crippen LogP contribution is 2.20. The predicted octanol–water partition coefficient (Wildman–Crippen LogP) is 1.84. The van der Waals surface area contributed by atoms with E-state index in [4.69, 9.17) is 4.74 Å². The van der Waals surface area contributed by atoms with Gasteiger partial charge in [-0.15, -0.1) is 0 Å². The van der Waals surface area contributed by atoms with Gasteiger partial charge >= 0.3 is 0 Å². The summed E-state index contributed by atoms with van der Waals surface area (Å²) in [7, 11) is 1.60. The molecule has 1 amide bonds. The summed E-state index contributed by atoms with van der Waals surface area (Å²) in [5, 5.41) is 9.32. The largest absolute Gasteiger partial charge is 0.394 e. The first kappa shape index (κ1) is 15.7. The van der Waals surface area contributed by atoms with Crippen LogP contribution in [0.5, 0.6) is 0 Å². The SMILES string of the molecule is CO[C@H]1C[C@@H](CO)N(C(=O)C/C=C/c2ccccc2F)C1. The topological polar surface area (TPSA) is 49.8 Å². The minimum atomic E-state index is -0.310. The molecule has 0 aliphatic carbocycles. The van der Waals surface area contributed by atoms with E-state index in [0.717, 1.165) is 0 Å². The Balaban J connectivity index is 1.94. The predicted molar refractivity (Wildman–Crippen MR) is 78.1 cm³/mol. The molecule has 1 aromatic rings. The van der Waals surface area contributed by atoms with Gasteiger partial charge in [-0.25, -0.2) is 4.39 Å². The van der Waals surface area contributed by atoms with E-state index in [2.05, 4.69) is 0 Å². The molecule has 1 fully saturated rings. The van der Waals surface area contributed by atoms with E-state index in [9.17, 15) is 14.3 Å². The van der Waals surface area contributed by atoms with Crippen LogP contribution in [0.25, 0.3) is 6.08 Å². The summed E-state index contributed by atoms with van der Waals surface area (Å²) >= 11 is 0. The highest BCUT2D eigenvalue weighted by atomic mass is 19.1. The molecule has 1 heterocycles. The summed E-state index contributed by atoms with van der Waals surface area (Å²) < 4.78 is 18.7. The zero-order chi connectivity index (χ0) is 15.2. The molecule has 0 unspecified atom stereocenters. The summed E-state index contributed by atoms with van der Waals surface area (Å²) in [6, 6.07) is 6.22. The van der Waals surface area contributed by atoms with Crippen molar-refractivity contribution < 1.29 is 19.0 Å². The van der Waals surface area contributed by atoms with Crippen LogP contribution in [0.1, 0.15) is 18.4 Å². The molecule has 114 valence electrons. The Labute approximate surface area is 123 Å². The van der Waals surface area contributed by atoms with Crippen molar-refractivity contribution in [2.24, 2.45) is 0 Å². The Morgan fingerprint density at radius 3 is 2.95 bits per heavy atom. The van der Waals surface area contributed by atoms with Crippen LogP contribution in [0.3, 0.4) is 0 Å². The zero-order valence-electron chi connectivity index (χ0n) is 12.0. The lowest BCUT2D eigenvalue weighted by Crippen LogP contribution is -2.37. The number of hydrogen-bond acceptors (Lipinski definition) is 3. The third-order valence-corrected chi connectivity index (χ3v) is 3.74. The first-order valence-electron chi connectivity index (χ1n) is 7.00. The van der Waals surface area contributed by atoms with Crippen molar-refractivity contribution in [3.05, 3.63) is 41.7 Å². The Morgan fingerprint density at radius 2 is 2.29 bits per heavy atom. The smallest absolute Gasteiger partial charge is 0.226 e. The lowest BCUT2D eigenvalue weighted by molar-refractivity contribution is -0.132. The summed E-state index contributed by atoms with van der Waals surface area (Å²) in [6.45, 7) is 0.427. The number of halogens is 1. The van der Waals surface area contributed by atoms with Crippen molar-refractivity contribution in [3.8, 4) is 0 Å².